The van der Waals surface area contributed by atoms with Gasteiger partial charge >= 0.3 is 0 Å². The van der Waals surface area contributed by atoms with Crippen LogP contribution < -0.4 is 10.6 Å². The van der Waals surface area contributed by atoms with Crippen molar-refractivity contribution in [1.29, 1.82) is 0 Å². The van der Waals surface area contributed by atoms with Gasteiger partial charge in [-0.3, -0.25) is 10.1 Å². The molecule has 27 heavy (non-hydrogen) atoms. The lowest BCUT2D eigenvalue weighted by Crippen LogP contribution is -2.30. The molecule has 7 nitrogen and oxygen atoms in total. The molecule has 0 atom stereocenters. The number of amides is 1. The highest BCUT2D eigenvalue weighted by atomic mass is 35.5. The Balaban J connectivity index is 0.00000210. The molecule has 0 bridgehead atoms. The van der Waals surface area contributed by atoms with Gasteiger partial charge in [-0.25, -0.2) is 9.67 Å². The van der Waals surface area contributed by atoms with E-state index in [-0.39, 0.29) is 18.3 Å². The maximum atomic E-state index is 12.6. The molecule has 1 fully saturated rings. The zero-order valence-corrected chi connectivity index (χ0v) is 17.5. The van der Waals surface area contributed by atoms with Crippen molar-refractivity contribution in [3.8, 4) is 10.6 Å². The van der Waals surface area contributed by atoms with Crippen LogP contribution in [0, 0.1) is 13.8 Å². The number of piperidine rings is 1. The van der Waals surface area contributed by atoms with Gasteiger partial charge in [0.15, 0.2) is 10.8 Å². The highest BCUT2D eigenvalue weighted by Crippen LogP contribution is 2.30. The van der Waals surface area contributed by atoms with E-state index >= 15 is 0 Å². The van der Waals surface area contributed by atoms with Gasteiger partial charge in [0, 0.05) is 10.3 Å². The van der Waals surface area contributed by atoms with Gasteiger partial charge in [-0.15, -0.1) is 40.2 Å². The molecule has 1 aliphatic heterocycles. The van der Waals surface area contributed by atoms with Crippen molar-refractivity contribution in [3.63, 3.8) is 0 Å². The van der Waals surface area contributed by atoms with Crippen molar-refractivity contribution >= 4 is 46.1 Å². The summed E-state index contributed by atoms with van der Waals surface area (Å²) in [7, 11) is 0. The summed E-state index contributed by atoms with van der Waals surface area (Å²) < 4.78 is 1.89. The molecule has 10 heteroatoms. The molecule has 1 saturated heterocycles. The number of hydrogen-bond acceptors (Lipinski definition) is 7. The SMILES string of the molecule is Cc1ccc(-c2csc(NC(=O)c3nnn(C4CCNCC4)c3C)n2)s1.Cl. The van der Waals surface area contributed by atoms with Crippen molar-refractivity contribution in [2.24, 2.45) is 0 Å². The largest absolute Gasteiger partial charge is 0.317 e. The van der Waals surface area contributed by atoms with E-state index < -0.39 is 0 Å². The number of anilines is 1. The number of thiophene rings is 1. The minimum Gasteiger partial charge on any atom is -0.317 e. The van der Waals surface area contributed by atoms with Crippen molar-refractivity contribution < 1.29 is 4.79 Å². The van der Waals surface area contributed by atoms with E-state index in [4.69, 9.17) is 0 Å². The number of carbonyl (C=O) groups excluding carboxylic acids is 1. The van der Waals surface area contributed by atoms with Gasteiger partial charge in [0.05, 0.1) is 22.3 Å². The van der Waals surface area contributed by atoms with Crippen LogP contribution in [0.15, 0.2) is 17.5 Å². The molecule has 0 aromatic carbocycles. The lowest BCUT2D eigenvalue weighted by molar-refractivity contribution is 0.102. The maximum Gasteiger partial charge on any atom is 0.279 e. The Bertz CT molecular complexity index is 928. The zero-order valence-electron chi connectivity index (χ0n) is 15.1. The molecule has 0 unspecified atom stereocenters. The van der Waals surface area contributed by atoms with E-state index in [9.17, 15) is 4.79 Å². The highest BCUT2D eigenvalue weighted by molar-refractivity contribution is 7.17. The van der Waals surface area contributed by atoms with Crippen LogP contribution in [-0.4, -0.2) is 39.0 Å². The van der Waals surface area contributed by atoms with E-state index in [1.165, 1.54) is 16.2 Å². The van der Waals surface area contributed by atoms with Gasteiger partial charge in [0.2, 0.25) is 0 Å². The van der Waals surface area contributed by atoms with Crippen LogP contribution in [0.5, 0.6) is 0 Å². The molecule has 0 saturated carbocycles. The second kappa shape index (κ2) is 8.47. The average Bonchev–Trinajstić information content (AvgIpc) is 3.36. The summed E-state index contributed by atoms with van der Waals surface area (Å²) in [6.45, 7) is 5.90. The lowest BCUT2D eigenvalue weighted by Gasteiger charge is -2.23. The average molecular weight is 425 g/mol. The summed E-state index contributed by atoms with van der Waals surface area (Å²) in [6, 6.07) is 4.42. The van der Waals surface area contributed by atoms with Crippen LogP contribution in [0.1, 0.15) is 39.9 Å². The van der Waals surface area contributed by atoms with Gasteiger partial charge in [-0.2, -0.15) is 0 Å². The number of aryl methyl sites for hydroxylation is 1. The zero-order chi connectivity index (χ0) is 18.1. The van der Waals surface area contributed by atoms with Gasteiger partial charge in [-0.1, -0.05) is 5.21 Å². The number of hydrogen-bond donors (Lipinski definition) is 2. The van der Waals surface area contributed by atoms with Crippen molar-refractivity contribution in [2.45, 2.75) is 32.7 Å². The quantitative estimate of drug-likeness (QED) is 0.667. The minimum atomic E-state index is -0.258. The van der Waals surface area contributed by atoms with E-state index in [1.807, 2.05) is 17.0 Å². The van der Waals surface area contributed by atoms with Gasteiger partial charge in [0.25, 0.3) is 5.91 Å². The fourth-order valence-corrected chi connectivity index (χ4v) is 4.73. The van der Waals surface area contributed by atoms with Crippen LogP contribution >= 0.6 is 35.1 Å². The fourth-order valence-electron chi connectivity index (χ4n) is 3.12. The molecular formula is C17H21ClN6OS2. The molecule has 0 aliphatic carbocycles. The number of nitrogens with zero attached hydrogens (tertiary/aromatic N) is 4. The molecular weight excluding hydrogens is 404 g/mol. The number of nitrogens with one attached hydrogen (secondary N) is 2. The number of carbonyl (C=O) groups is 1. The maximum absolute atomic E-state index is 12.6. The highest BCUT2D eigenvalue weighted by Gasteiger charge is 2.23. The number of halogens is 1. The summed E-state index contributed by atoms with van der Waals surface area (Å²) in [5.74, 6) is -0.258. The van der Waals surface area contributed by atoms with Crippen LogP contribution in [0.3, 0.4) is 0 Å². The third-order valence-corrected chi connectivity index (χ3v) is 6.30. The minimum absolute atomic E-state index is 0. The van der Waals surface area contributed by atoms with E-state index in [1.54, 1.807) is 11.3 Å². The van der Waals surface area contributed by atoms with E-state index in [0.717, 1.165) is 42.2 Å². The Morgan fingerprint density at radius 2 is 2.07 bits per heavy atom. The molecule has 4 rings (SSSR count). The summed E-state index contributed by atoms with van der Waals surface area (Å²) >= 11 is 3.11. The lowest BCUT2D eigenvalue weighted by atomic mass is 10.1. The third-order valence-electron chi connectivity index (χ3n) is 4.51. The summed E-state index contributed by atoms with van der Waals surface area (Å²) in [6.07, 6.45) is 2.00. The standard InChI is InChI=1S/C17H20N6OS2.ClH/c1-10-3-4-14(26-10)13-9-25-17(19-13)20-16(24)15-11(2)23(22-21-15)12-5-7-18-8-6-12;/h3-4,9,12,18H,5-8H2,1-2H3,(H,19,20,24);1H. The summed E-state index contributed by atoms with van der Waals surface area (Å²) in [5, 5.41) is 17.1. The number of thiazole rings is 1. The van der Waals surface area contributed by atoms with Crippen LogP contribution in [0.2, 0.25) is 0 Å². The smallest absolute Gasteiger partial charge is 0.279 e. The van der Waals surface area contributed by atoms with Crippen LogP contribution in [0.25, 0.3) is 10.6 Å². The molecule has 0 spiro atoms. The molecule has 3 aromatic heterocycles. The molecule has 0 radical (unpaired) electrons. The first-order chi connectivity index (χ1) is 12.6. The Morgan fingerprint density at radius 1 is 1.30 bits per heavy atom. The van der Waals surface area contributed by atoms with Gasteiger partial charge in [-0.05, 0) is 51.9 Å². The van der Waals surface area contributed by atoms with Gasteiger partial charge in [0.1, 0.15) is 0 Å². The van der Waals surface area contributed by atoms with Crippen molar-refractivity contribution in [2.75, 3.05) is 18.4 Å². The molecule has 4 heterocycles. The van der Waals surface area contributed by atoms with Crippen molar-refractivity contribution in [3.05, 3.63) is 33.8 Å². The summed E-state index contributed by atoms with van der Waals surface area (Å²) in [4.78, 5) is 19.5. The topological polar surface area (TPSA) is 84.7 Å². The number of rotatable bonds is 4. The first kappa shape index (κ1) is 19.9. The second-order valence-electron chi connectivity index (χ2n) is 6.35. The van der Waals surface area contributed by atoms with Crippen LogP contribution in [0.4, 0.5) is 5.13 Å². The van der Waals surface area contributed by atoms with E-state index in [0.29, 0.717) is 16.9 Å². The molecule has 1 amide bonds. The molecule has 2 N–H and O–H groups in total. The normalized spacial score (nSPS) is 14.7. The fraction of sp³-hybridized carbons (Fsp3) is 0.412. The predicted octanol–water partition coefficient (Wildman–Crippen LogP) is 3.68. The third kappa shape index (κ3) is 4.21. The predicted molar refractivity (Wildman–Crippen MR) is 111 cm³/mol. The Labute approximate surface area is 171 Å². The molecule has 1 aliphatic rings. The Hall–Kier alpha value is -1.81. The Morgan fingerprint density at radius 3 is 2.78 bits per heavy atom. The van der Waals surface area contributed by atoms with Gasteiger partial charge < -0.3 is 5.32 Å². The first-order valence-corrected chi connectivity index (χ1v) is 10.3. The second-order valence-corrected chi connectivity index (χ2v) is 8.50. The molecule has 144 valence electrons. The monoisotopic (exact) mass is 424 g/mol. The first-order valence-electron chi connectivity index (χ1n) is 8.58. The van der Waals surface area contributed by atoms with Crippen LogP contribution in [-0.2, 0) is 0 Å². The summed E-state index contributed by atoms with van der Waals surface area (Å²) in [5.41, 5.74) is 2.06. The Kier molecular flexibility index (Phi) is 6.25. The number of aromatic nitrogens is 4. The molecule has 3 aromatic rings. The van der Waals surface area contributed by atoms with E-state index in [2.05, 4.69) is 45.0 Å². The van der Waals surface area contributed by atoms with Crippen molar-refractivity contribution in [1.82, 2.24) is 25.3 Å².